The normalized spacial score (nSPS) is 33.3. The van der Waals surface area contributed by atoms with Gasteiger partial charge in [-0.25, -0.2) is 4.98 Å². The molecule has 3 heterocycles. The van der Waals surface area contributed by atoms with Crippen LogP contribution in [0.25, 0.3) is 0 Å². The number of nitrogens with zero attached hydrogens (tertiary/aromatic N) is 3. The molecule has 3 fully saturated rings. The van der Waals surface area contributed by atoms with Gasteiger partial charge in [0.1, 0.15) is 5.01 Å². The molecule has 0 bridgehead atoms. The van der Waals surface area contributed by atoms with E-state index in [1.807, 2.05) is 18.4 Å². The minimum Gasteiger partial charge on any atom is -0.381 e. The number of aromatic nitrogens is 1. The molecule has 0 amide bonds. The average Bonchev–Trinajstić information content (AvgIpc) is 3.05. The molecule has 122 valence electrons. The fourth-order valence-corrected chi connectivity index (χ4v) is 5.07. The maximum Gasteiger partial charge on any atom is 0.107 e. The first-order valence-electron chi connectivity index (χ1n) is 8.63. The van der Waals surface area contributed by atoms with Crippen molar-refractivity contribution in [1.82, 2.24) is 14.8 Å². The van der Waals surface area contributed by atoms with Gasteiger partial charge in [-0.15, -0.1) is 11.3 Å². The molecule has 5 heteroatoms. The highest BCUT2D eigenvalue weighted by Crippen LogP contribution is 2.37. The van der Waals surface area contributed by atoms with Crippen LogP contribution in [0.5, 0.6) is 0 Å². The van der Waals surface area contributed by atoms with Crippen molar-refractivity contribution in [3.8, 4) is 0 Å². The summed E-state index contributed by atoms with van der Waals surface area (Å²) in [6.45, 7) is 8.03. The van der Waals surface area contributed by atoms with Crippen LogP contribution in [-0.4, -0.2) is 60.2 Å². The molecule has 0 radical (unpaired) electrons. The molecule has 4 nitrogen and oxygen atoms in total. The topological polar surface area (TPSA) is 28.6 Å². The quantitative estimate of drug-likeness (QED) is 0.832. The number of hydrogen-bond donors (Lipinski definition) is 0. The van der Waals surface area contributed by atoms with Crippen molar-refractivity contribution < 1.29 is 4.74 Å². The first kappa shape index (κ1) is 15.1. The van der Waals surface area contributed by atoms with E-state index in [9.17, 15) is 0 Å². The number of ether oxygens (including phenoxy) is 1. The first-order chi connectivity index (χ1) is 10.7. The lowest BCUT2D eigenvalue weighted by atomic mass is 9.89. The number of methoxy groups -OCH3 is 1. The zero-order chi connectivity index (χ0) is 15.1. The maximum absolute atomic E-state index is 5.81. The molecule has 0 spiro atoms. The highest BCUT2D eigenvalue weighted by Gasteiger charge is 2.45. The standard InChI is InChI=1S/C17H27N3OS/c1-12-11-22-17(18-12)10-20-6-5-16(21-2)14-8-19(9-15(14)20)7-13-3-4-13/h11,13-16H,3-10H2,1-2H3/t14-,15+,16+/m0/s1. The first-order valence-corrected chi connectivity index (χ1v) is 9.51. The van der Waals surface area contributed by atoms with Crippen LogP contribution in [0, 0.1) is 18.8 Å². The van der Waals surface area contributed by atoms with Crippen molar-refractivity contribution in [2.24, 2.45) is 11.8 Å². The van der Waals surface area contributed by atoms with E-state index in [0.717, 1.165) is 24.7 Å². The second-order valence-corrected chi connectivity index (χ2v) is 8.25. The third-order valence-corrected chi connectivity index (χ3v) is 6.53. The molecule has 3 atom stereocenters. The Labute approximate surface area is 137 Å². The number of thiazole rings is 1. The molecule has 2 saturated heterocycles. The third-order valence-electron chi connectivity index (χ3n) is 5.58. The third kappa shape index (κ3) is 3.09. The number of hydrogen-bond acceptors (Lipinski definition) is 5. The molecule has 0 unspecified atom stereocenters. The molecule has 3 aliphatic rings. The van der Waals surface area contributed by atoms with Crippen LogP contribution in [0.1, 0.15) is 30.0 Å². The monoisotopic (exact) mass is 321 g/mol. The Morgan fingerprint density at radius 1 is 1.32 bits per heavy atom. The van der Waals surface area contributed by atoms with Crippen molar-refractivity contribution >= 4 is 11.3 Å². The number of fused-ring (bicyclic) bond motifs is 1. The maximum atomic E-state index is 5.81. The second kappa shape index (κ2) is 6.19. The molecule has 0 aromatic carbocycles. The largest absolute Gasteiger partial charge is 0.381 e. The minimum absolute atomic E-state index is 0.448. The molecular weight excluding hydrogens is 294 g/mol. The van der Waals surface area contributed by atoms with Gasteiger partial charge in [0.25, 0.3) is 0 Å². The highest BCUT2D eigenvalue weighted by atomic mass is 32.1. The molecule has 22 heavy (non-hydrogen) atoms. The van der Waals surface area contributed by atoms with Gasteiger partial charge < -0.3 is 9.64 Å². The van der Waals surface area contributed by atoms with Crippen LogP contribution in [0.15, 0.2) is 5.38 Å². The van der Waals surface area contributed by atoms with E-state index in [1.165, 1.54) is 43.9 Å². The van der Waals surface area contributed by atoms with Gasteiger partial charge in [0.2, 0.25) is 0 Å². The Balaban J connectivity index is 1.45. The summed E-state index contributed by atoms with van der Waals surface area (Å²) in [5, 5.41) is 3.44. The Morgan fingerprint density at radius 2 is 2.18 bits per heavy atom. The van der Waals surface area contributed by atoms with Gasteiger partial charge in [-0.1, -0.05) is 0 Å². The molecule has 1 saturated carbocycles. The van der Waals surface area contributed by atoms with E-state index in [1.54, 1.807) is 0 Å². The molecule has 0 N–H and O–H groups in total. The van der Waals surface area contributed by atoms with Crippen LogP contribution in [0.4, 0.5) is 0 Å². The molecule has 2 aliphatic heterocycles. The van der Waals surface area contributed by atoms with Crippen LogP contribution >= 0.6 is 11.3 Å². The second-order valence-electron chi connectivity index (χ2n) is 7.31. The Bertz CT molecular complexity index is 516. The SMILES string of the molecule is CO[C@@H]1CCN(Cc2nc(C)cs2)[C@@H]2CN(CC3CC3)C[C@@H]21. The predicted octanol–water partition coefficient (Wildman–Crippen LogP) is 2.38. The van der Waals surface area contributed by atoms with E-state index in [4.69, 9.17) is 4.74 Å². The van der Waals surface area contributed by atoms with Gasteiger partial charge in [0.05, 0.1) is 12.6 Å². The molecule has 1 aromatic rings. The van der Waals surface area contributed by atoms with Crippen LogP contribution in [0.3, 0.4) is 0 Å². The van der Waals surface area contributed by atoms with Gasteiger partial charge in [-0.3, -0.25) is 4.90 Å². The Kier molecular flexibility index (Phi) is 4.24. The van der Waals surface area contributed by atoms with E-state index in [-0.39, 0.29) is 0 Å². The van der Waals surface area contributed by atoms with E-state index in [0.29, 0.717) is 18.1 Å². The van der Waals surface area contributed by atoms with E-state index < -0.39 is 0 Å². The minimum atomic E-state index is 0.448. The lowest BCUT2D eigenvalue weighted by Crippen LogP contribution is -2.50. The van der Waals surface area contributed by atoms with Gasteiger partial charge in [0.15, 0.2) is 0 Å². The van der Waals surface area contributed by atoms with Crippen LogP contribution in [0.2, 0.25) is 0 Å². The number of piperidine rings is 1. The van der Waals surface area contributed by atoms with Gasteiger partial charge >= 0.3 is 0 Å². The number of rotatable bonds is 5. The smallest absolute Gasteiger partial charge is 0.107 e. The van der Waals surface area contributed by atoms with Gasteiger partial charge in [-0.2, -0.15) is 0 Å². The van der Waals surface area contributed by atoms with Gasteiger partial charge in [-0.05, 0) is 32.1 Å². The van der Waals surface area contributed by atoms with Crippen molar-refractivity contribution in [3.63, 3.8) is 0 Å². The zero-order valence-corrected chi connectivity index (χ0v) is 14.5. The summed E-state index contributed by atoms with van der Waals surface area (Å²) < 4.78 is 5.81. The summed E-state index contributed by atoms with van der Waals surface area (Å²) in [6.07, 6.45) is 4.51. The fourth-order valence-electron chi connectivity index (χ4n) is 4.27. The lowest BCUT2D eigenvalue weighted by Gasteiger charge is -2.40. The summed E-state index contributed by atoms with van der Waals surface area (Å²) >= 11 is 1.81. The molecule has 4 rings (SSSR count). The Morgan fingerprint density at radius 3 is 2.86 bits per heavy atom. The lowest BCUT2D eigenvalue weighted by molar-refractivity contribution is -0.0245. The number of likely N-dealkylation sites (tertiary alicyclic amines) is 2. The molecule has 1 aromatic heterocycles. The summed E-state index contributed by atoms with van der Waals surface area (Å²) in [4.78, 5) is 10.0. The van der Waals surface area contributed by atoms with Crippen LogP contribution in [-0.2, 0) is 11.3 Å². The van der Waals surface area contributed by atoms with Crippen LogP contribution < -0.4 is 0 Å². The average molecular weight is 321 g/mol. The van der Waals surface area contributed by atoms with Crippen molar-refractivity contribution in [1.29, 1.82) is 0 Å². The molecular formula is C17H27N3OS. The van der Waals surface area contributed by atoms with Crippen molar-refractivity contribution in [2.75, 3.05) is 33.3 Å². The summed E-state index contributed by atoms with van der Waals surface area (Å²) in [7, 11) is 1.89. The number of aryl methyl sites for hydroxylation is 1. The predicted molar refractivity (Wildman–Crippen MR) is 89.1 cm³/mol. The summed E-state index contributed by atoms with van der Waals surface area (Å²) in [5.41, 5.74) is 1.16. The summed E-state index contributed by atoms with van der Waals surface area (Å²) in [5.74, 6) is 1.66. The Hall–Kier alpha value is -0.490. The van der Waals surface area contributed by atoms with Crippen molar-refractivity contribution in [2.45, 2.75) is 44.9 Å². The van der Waals surface area contributed by atoms with E-state index in [2.05, 4.69) is 27.1 Å². The zero-order valence-electron chi connectivity index (χ0n) is 13.7. The van der Waals surface area contributed by atoms with E-state index >= 15 is 0 Å². The fraction of sp³-hybridized carbons (Fsp3) is 0.824. The highest BCUT2D eigenvalue weighted by molar-refractivity contribution is 7.09. The summed E-state index contributed by atoms with van der Waals surface area (Å²) in [6, 6.07) is 0.654. The van der Waals surface area contributed by atoms with Crippen molar-refractivity contribution in [3.05, 3.63) is 16.1 Å². The molecule has 1 aliphatic carbocycles. The van der Waals surface area contributed by atoms with Gasteiger partial charge in [0, 0.05) is 56.3 Å².